The molecule has 0 unspecified atom stereocenters. The van der Waals surface area contributed by atoms with E-state index >= 15 is 0 Å². The van der Waals surface area contributed by atoms with Crippen molar-refractivity contribution in [1.82, 2.24) is 4.98 Å². The van der Waals surface area contributed by atoms with Crippen molar-refractivity contribution in [1.29, 1.82) is 0 Å². The number of aromatic nitrogens is 1. The van der Waals surface area contributed by atoms with Crippen LogP contribution in [0.1, 0.15) is 5.56 Å². The SMILES string of the molecule is Cc1ccc(Oc2cc3nc4ccccc4sc-3cc2=O)cc1. The molecular formula is C19H13NO2S. The molecule has 0 N–H and O–H groups in total. The molecule has 23 heavy (non-hydrogen) atoms. The monoisotopic (exact) mass is 319 g/mol. The van der Waals surface area contributed by atoms with Crippen LogP contribution in [0.25, 0.3) is 20.8 Å². The molecule has 0 spiro atoms. The number of ether oxygens (including phenoxy) is 1. The molecule has 0 amide bonds. The Hall–Kier alpha value is -2.72. The number of fused-ring (bicyclic) bond motifs is 2. The van der Waals surface area contributed by atoms with Crippen LogP contribution >= 0.6 is 11.3 Å². The van der Waals surface area contributed by atoms with Crippen LogP contribution in [0.5, 0.6) is 11.5 Å². The largest absolute Gasteiger partial charge is 0.453 e. The fraction of sp³-hybridized carbons (Fsp3) is 0.0526. The predicted octanol–water partition coefficient (Wildman–Crippen LogP) is 4.86. The van der Waals surface area contributed by atoms with Gasteiger partial charge in [-0.05, 0) is 31.2 Å². The van der Waals surface area contributed by atoms with Gasteiger partial charge in [0.15, 0.2) is 5.75 Å². The van der Waals surface area contributed by atoms with Crippen molar-refractivity contribution < 1.29 is 4.74 Å². The Kier molecular flexibility index (Phi) is 3.32. The van der Waals surface area contributed by atoms with E-state index in [1.165, 1.54) is 0 Å². The molecule has 112 valence electrons. The van der Waals surface area contributed by atoms with E-state index in [0.29, 0.717) is 11.5 Å². The van der Waals surface area contributed by atoms with Gasteiger partial charge in [0.25, 0.3) is 0 Å². The second kappa shape index (κ2) is 5.48. The van der Waals surface area contributed by atoms with Crippen LogP contribution in [-0.2, 0) is 0 Å². The van der Waals surface area contributed by atoms with E-state index < -0.39 is 0 Å². The average Bonchev–Trinajstić information content (AvgIpc) is 2.56. The molecular weight excluding hydrogens is 306 g/mol. The Morgan fingerprint density at radius 1 is 1.00 bits per heavy atom. The van der Waals surface area contributed by atoms with Crippen molar-refractivity contribution in [3.63, 3.8) is 0 Å². The summed E-state index contributed by atoms with van der Waals surface area (Å²) in [4.78, 5) is 17.8. The number of rotatable bonds is 2. The fourth-order valence-electron chi connectivity index (χ4n) is 2.40. The molecule has 3 nitrogen and oxygen atoms in total. The zero-order valence-corrected chi connectivity index (χ0v) is 13.3. The molecule has 0 saturated heterocycles. The summed E-state index contributed by atoms with van der Waals surface area (Å²) < 4.78 is 6.80. The standard InChI is InChI=1S/C19H13NO2S/c1-12-6-8-13(9-7-12)22-17-10-15-19(11-16(17)21)23-18-5-3-2-4-14(18)20-15/h2-11H,1H3. The second-order valence-electron chi connectivity index (χ2n) is 5.36. The number of hydrogen-bond donors (Lipinski definition) is 0. The van der Waals surface area contributed by atoms with Gasteiger partial charge in [-0.25, -0.2) is 4.98 Å². The maximum Gasteiger partial charge on any atom is 0.222 e. The lowest BCUT2D eigenvalue weighted by molar-refractivity contribution is 0.478. The summed E-state index contributed by atoms with van der Waals surface area (Å²) in [6, 6.07) is 18.8. The van der Waals surface area contributed by atoms with E-state index in [-0.39, 0.29) is 5.43 Å². The van der Waals surface area contributed by atoms with Gasteiger partial charge in [0.05, 0.1) is 20.8 Å². The summed E-state index contributed by atoms with van der Waals surface area (Å²) in [6.07, 6.45) is 0. The molecule has 0 atom stereocenters. The Balaban J connectivity index is 1.83. The van der Waals surface area contributed by atoms with E-state index in [0.717, 1.165) is 26.4 Å². The van der Waals surface area contributed by atoms with Crippen LogP contribution < -0.4 is 10.2 Å². The summed E-state index contributed by atoms with van der Waals surface area (Å²) in [7, 11) is 0. The Morgan fingerprint density at radius 2 is 1.78 bits per heavy atom. The van der Waals surface area contributed by atoms with Gasteiger partial charge in [-0.2, -0.15) is 0 Å². The first-order valence-electron chi connectivity index (χ1n) is 7.27. The maximum atomic E-state index is 12.3. The molecule has 2 aliphatic rings. The van der Waals surface area contributed by atoms with Gasteiger partial charge in [0, 0.05) is 12.1 Å². The highest BCUT2D eigenvalue weighted by atomic mass is 32.1. The first-order chi connectivity index (χ1) is 11.2. The molecule has 0 radical (unpaired) electrons. The number of benzene rings is 3. The molecule has 0 saturated carbocycles. The van der Waals surface area contributed by atoms with Gasteiger partial charge >= 0.3 is 0 Å². The number of nitrogens with zero attached hydrogens (tertiary/aromatic N) is 1. The third kappa shape index (κ3) is 2.69. The van der Waals surface area contributed by atoms with Crippen molar-refractivity contribution >= 4 is 21.6 Å². The lowest BCUT2D eigenvalue weighted by Gasteiger charge is -2.09. The van der Waals surface area contributed by atoms with Gasteiger partial charge in [-0.15, -0.1) is 11.3 Å². The molecule has 2 aromatic rings. The van der Waals surface area contributed by atoms with E-state index in [1.807, 2.05) is 55.5 Å². The summed E-state index contributed by atoms with van der Waals surface area (Å²) in [5.41, 5.74) is 2.71. The van der Waals surface area contributed by atoms with Gasteiger partial charge in [-0.1, -0.05) is 29.8 Å². The summed E-state index contributed by atoms with van der Waals surface area (Å²) in [5, 5.41) is 0. The Morgan fingerprint density at radius 3 is 2.61 bits per heavy atom. The summed E-state index contributed by atoms with van der Waals surface area (Å²) in [5.74, 6) is 0.952. The zero-order chi connectivity index (χ0) is 15.8. The lowest BCUT2D eigenvalue weighted by Crippen LogP contribution is -2.05. The molecule has 1 aliphatic heterocycles. The lowest BCUT2D eigenvalue weighted by atomic mass is 10.2. The Bertz CT molecular complexity index is 1020. The van der Waals surface area contributed by atoms with Crippen molar-refractivity contribution in [3.8, 4) is 22.1 Å². The van der Waals surface area contributed by atoms with Crippen molar-refractivity contribution in [2.24, 2.45) is 0 Å². The first-order valence-corrected chi connectivity index (χ1v) is 8.09. The number of para-hydroxylation sites is 1. The predicted molar refractivity (Wildman–Crippen MR) is 93.8 cm³/mol. The van der Waals surface area contributed by atoms with E-state index in [1.54, 1.807) is 23.5 Å². The fourth-order valence-corrected chi connectivity index (χ4v) is 3.37. The first kappa shape index (κ1) is 13.9. The molecule has 0 aromatic heterocycles. The number of aryl methyl sites for hydroxylation is 1. The quantitative estimate of drug-likeness (QED) is 0.495. The van der Waals surface area contributed by atoms with Crippen LogP contribution in [0.4, 0.5) is 0 Å². The molecule has 4 rings (SSSR count). The summed E-state index contributed by atoms with van der Waals surface area (Å²) >= 11 is 1.56. The zero-order valence-electron chi connectivity index (χ0n) is 12.4. The van der Waals surface area contributed by atoms with E-state index in [2.05, 4.69) is 4.98 Å². The smallest absolute Gasteiger partial charge is 0.222 e. The topological polar surface area (TPSA) is 39.2 Å². The minimum absolute atomic E-state index is 0.133. The summed E-state index contributed by atoms with van der Waals surface area (Å²) in [6.45, 7) is 2.01. The van der Waals surface area contributed by atoms with Crippen molar-refractivity contribution in [3.05, 3.63) is 76.5 Å². The van der Waals surface area contributed by atoms with Gasteiger partial charge in [-0.3, -0.25) is 4.79 Å². The van der Waals surface area contributed by atoms with E-state index in [4.69, 9.17) is 4.74 Å². The third-order valence-electron chi connectivity index (χ3n) is 3.60. The van der Waals surface area contributed by atoms with Gasteiger partial charge in [0.2, 0.25) is 5.43 Å². The highest BCUT2D eigenvalue weighted by Gasteiger charge is 2.12. The molecule has 1 aliphatic carbocycles. The van der Waals surface area contributed by atoms with Crippen LogP contribution in [-0.4, -0.2) is 4.98 Å². The van der Waals surface area contributed by atoms with Crippen LogP contribution in [0.3, 0.4) is 0 Å². The molecule has 2 aromatic carbocycles. The van der Waals surface area contributed by atoms with Crippen molar-refractivity contribution in [2.75, 3.05) is 0 Å². The molecule has 0 bridgehead atoms. The highest BCUT2D eigenvalue weighted by molar-refractivity contribution is 7.21. The Labute approximate surface area is 137 Å². The van der Waals surface area contributed by atoms with Gasteiger partial charge < -0.3 is 4.74 Å². The van der Waals surface area contributed by atoms with E-state index in [9.17, 15) is 4.79 Å². The van der Waals surface area contributed by atoms with Crippen LogP contribution in [0, 0.1) is 6.92 Å². The van der Waals surface area contributed by atoms with Crippen LogP contribution in [0.2, 0.25) is 0 Å². The van der Waals surface area contributed by atoms with Crippen LogP contribution in [0.15, 0.2) is 65.5 Å². The molecule has 1 heterocycles. The molecule has 0 fully saturated rings. The number of hydrogen-bond acceptors (Lipinski definition) is 4. The normalized spacial score (nSPS) is 11.0. The minimum atomic E-state index is -0.133. The van der Waals surface area contributed by atoms with Crippen molar-refractivity contribution in [2.45, 2.75) is 6.92 Å². The highest BCUT2D eigenvalue weighted by Crippen LogP contribution is 2.32. The third-order valence-corrected chi connectivity index (χ3v) is 4.71. The molecule has 4 heteroatoms. The minimum Gasteiger partial charge on any atom is -0.453 e. The average molecular weight is 319 g/mol. The maximum absolute atomic E-state index is 12.3. The second-order valence-corrected chi connectivity index (χ2v) is 6.45. The van der Waals surface area contributed by atoms with Gasteiger partial charge in [0.1, 0.15) is 5.75 Å².